The lowest BCUT2D eigenvalue weighted by atomic mass is 10.1. The fourth-order valence-corrected chi connectivity index (χ4v) is 2.33. The van der Waals surface area contributed by atoms with Gasteiger partial charge in [-0.25, -0.2) is 5.43 Å². The number of carbonyl (C=O) groups is 1. The SMILES string of the molecule is C=CCc1ccccc1OCC(=O)NN=Cc1ccc([N+](=O)[O-])c(Cl)c1. The summed E-state index contributed by atoms with van der Waals surface area (Å²) in [5.74, 6) is 0.163. The minimum Gasteiger partial charge on any atom is -0.483 e. The van der Waals surface area contributed by atoms with Crippen LogP contribution in [0.5, 0.6) is 5.75 Å². The van der Waals surface area contributed by atoms with Crippen molar-refractivity contribution in [1.82, 2.24) is 5.43 Å². The first-order valence-corrected chi connectivity index (χ1v) is 7.96. The molecule has 0 spiro atoms. The Labute approximate surface area is 155 Å². The van der Waals surface area contributed by atoms with Crippen molar-refractivity contribution in [1.29, 1.82) is 0 Å². The average Bonchev–Trinajstić information content (AvgIpc) is 2.61. The fraction of sp³-hybridized carbons (Fsp3) is 0.111. The molecule has 2 aromatic carbocycles. The maximum absolute atomic E-state index is 11.8. The number of allylic oxidation sites excluding steroid dienone is 1. The molecule has 0 aliphatic rings. The number of halogens is 1. The van der Waals surface area contributed by atoms with E-state index in [9.17, 15) is 14.9 Å². The minimum atomic E-state index is -0.577. The molecule has 0 radical (unpaired) electrons. The molecule has 26 heavy (non-hydrogen) atoms. The molecule has 134 valence electrons. The van der Waals surface area contributed by atoms with Crippen LogP contribution in [0, 0.1) is 10.1 Å². The second-order valence-electron chi connectivity index (χ2n) is 5.15. The van der Waals surface area contributed by atoms with Crippen molar-refractivity contribution in [3.05, 3.63) is 81.4 Å². The molecule has 7 nitrogen and oxygen atoms in total. The lowest BCUT2D eigenvalue weighted by molar-refractivity contribution is -0.384. The van der Waals surface area contributed by atoms with Gasteiger partial charge in [-0.2, -0.15) is 5.10 Å². The Kier molecular flexibility index (Phi) is 6.87. The number of nitro groups is 1. The Morgan fingerprint density at radius 3 is 2.81 bits per heavy atom. The number of amides is 1. The Morgan fingerprint density at radius 2 is 2.12 bits per heavy atom. The first kappa shape index (κ1) is 19.1. The molecule has 1 N–H and O–H groups in total. The summed E-state index contributed by atoms with van der Waals surface area (Å²) in [6.07, 6.45) is 3.72. The van der Waals surface area contributed by atoms with Gasteiger partial charge in [0.2, 0.25) is 0 Å². The monoisotopic (exact) mass is 373 g/mol. The molecule has 0 aliphatic carbocycles. The summed E-state index contributed by atoms with van der Waals surface area (Å²) in [6.45, 7) is 3.48. The Hall–Kier alpha value is -3.19. The molecule has 0 fully saturated rings. The van der Waals surface area contributed by atoms with E-state index in [-0.39, 0.29) is 17.3 Å². The number of nitrogens with zero attached hydrogens (tertiary/aromatic N) is 2. The minimum absolute atomic E-state index is 0.00700. The van der Waals surface area contributed by atoms with Crippen LogP contribution in [0.25, 0.3) is 0 Å². The normalized spacial score (nSPS) is 10.5. The second-order valence-corrected chi connectivity index (χ2v) is 5.56. The number of carbonyl (C=O) groups excluding carboxylic acids is 1. The summed E-state index contributed by atoms with van der Waals surface area (Å²) < 4.78 is 5.49. The summed E-state index contributed by atoms with van der Waals surface area (Å²) in [7, 11) is 0. The number of hydrazone groups is 1. The van der Waals surface area contributed by atoms with E-state index in [4.69, 9.17) is 16.3 Å². The number of benzene rings is 2. The molecule has 2 aromatic rings. The van der Waals surface area contributed by atoms with Gasteiger partial charge in [-0.3, -0.25) is 14.9 Å². The zero-order valence-corrected chi connectivity index (χ0v) is 14.5. The summed E-state index contributed by atoms with van der Waals surface area (Å²) >= 11 is 5.81. The highest BCUT2D eigenvalue weighted by Crippen LogP contribution is 2.24. The van der Waals surface area contributed by atoms with Gasteiger partial charge in [0, 0.05) is 6.07 Å². The van der Waals surface area contributed by atoms with E-state index >= 15 is 0 Å². The highest BCUT2D eigenvalue weighted by Gasteiger charge is 2.11. The van der Waals surface area contributed by atoms with Gasteiger partial charge in [0.25, 0.3) is 11.6 Å². The summed E-state index contributed by atoms with van der Waals surface area (Å²) in [5, 5.41) is 14.5. The second kappa shape index (κ2) is 9.33. The zero-order chi connectivity index (χ0) is 18.9. The van der Waals surface area contributed by atoms with E-state index in [0.29, 0.717) is 17.7 Å². The van der Waals surface area contributed by atoms with Crippen molar-refractivity contribution in [2.45, 2.75) is 6.42 Å². The molecule has 2 rings (SSSR count). The maximum Gasteiger partial charge on any atom is 0.287 e. The number of hydrogen-bond acceptors (Lipinski definition) is 5. The highest BCUT2D eigenvalue weighted by molar-refractivity contribution is 6.32. The first-order valence-electron chi connectivity index (χ1n) is 7.58. The van der Waals surface area contributed by atoms with E-state index in [1.54, 1.807) is 12.1 Å². The van der Waals surface area contributed by atoms with Crippen LogP contribution in [-0.2, 0) is 11.2 Å². The molecule has 0 unspecified atom stereocenters. The lowest BCUT2D eigenvalue weighted by Crippen LogP contribution is -2.24. The van der Waals surface area contributed by atoms with Crippen LogP contribution in [0.1, 0.15) is 11.1 Å². The summed E-state index contributed by atoms with van der Waals surface area (Å²) in [6, 6.07) is 11.5. The topological polar surface area (TPSA) is 93.8 Å². The molecule has 0 aromatic heterocycles. The highest BCUT2D eigenvalue weighted by atomic mass is 35.5. The van der Waals surface area contributed by atoms with Gasteiger partial charge >= 0.3 is 0 Å². The van der Waals surface area contributed by atoms with E-state index in [2.05, 4.69) is 17.1 Å². The standard InChI is InChI=1S/C18H16ClN3O4/c1-2-5-14-6-3-4-7-17(14)26-12-18(23)21-20-11-13-8-9-16(22(24)25)15(19)10-13/h2-4,6-11H,1,5,12H2,(H,21,23). The van der Waals surface area contributed by atoms with Crippen LogP contribution < -0.4 is 10.2 Å². The molecule has 0 saturated heterocycles. The molecular weight excluding hydrogens is 358 g/mol. The van der Waals surface area contributed by atoms with Crippen LogP contribution in [-0.4, -0.2) is 23.7 Å². The maximum atomic E-state index is 11.8. The first-order chi connectivity index (χ1) is 12.5. The molecule has 0 bridgehead atoms. The zero-order valence-electron chi connectivity index (χ0n) is 13.7. The van der Waals surface area contributed by atoms with Gasteiger partial charge in [0.1, 0.15) is 10.8 Å². The van der Waals surface area contributed by atoms with Crippen molar-refractivity contribution in [3.63, 3.8) is 0 Å². The number of para-hydroxylation sites is 1. The van der Waals surface area contributed by atoms with Crippen molar-refractivity contribution < 1.29 is 14.5 Å². The molecule has 8 heteroatoms. The third kappa shape index (κ3) is 5.42. The number of rotatable bonds is 8. The van der Waals surface area contributed by atoms with Crippen molar-refractivity contribution in [2.24, 2.45) is 5.10 Å². The van der Waals surface area contributed by atoms with Gasteiger partial charge in [-0.15, -0.1) is 6.58 Å². The smallest absolute Gasteiger partial charge is 0.287 e. The Morgan fingerprint density at radius 1 is 1.35 bits per heavy atom. The predicted octanol–water partition coefficient (Wildman–Crippen LogP) is 3.51. The van der Waals surface area contributed by atoms with Crippen LogP contribution in [0.2, 0.25) is 5.02 Å². The molecule has 0 atom stereocenters. The Balaban J connectivity index is 1.89. The number of ether oxygens (including phenoxy) is 1. The van der Waals surface area contributed by atoms with Crippen molar-refractivity contribution in [2.75, 3.05) is 6.61 Å². The van der Waals surface area contributed by atoms with E-state index in [0.717, 1.165) is 5.56 Å². The van der Waals surface area contributed by atoms with Gasteiger partial charge < -0.3 is 4.74 Å². The third-order valence-corrected chi connectivity index (χ3v) is 3.57. The van der Waals surface area contributed by atoms with E-state index in [1.165, 1.54) is 24.4 Å². The Bertz CT molecular complexity index is 852. The number of hydrogen-bond donors (Lipinski definition) is 1. The van der Waals surface area contributed by atoms with Crippen LogP contribution in [0.4, 0.5) is 5.69 Å². The van der Waals surface area contributed by atoms with Crippen LogP contribution in [0.3, 0.4) is 0 Å². The van der Waals surface area contributed by atoms with Crippen LogP contribution >= 0.6 is 11.6 Å². The molecular formula is C18H16ClN3O4. The van der Waals surface area contributed by atoms with E-state index < -0.39 is 10.8 Å². The number of nitrogens with one attached hydrogen (secondary N) is 1. The fourth-order valence-electron chi connectivity index (χ4n) is 2.07. The largest absolute Gasteiger partial charge is 0.483 e. The van der Waals surface area contributed by atoms with Gasteiger partial charge in [-0.1, -0.05) is 35.9 Å². The molecule has 0 aliphatic heterocycles. The van der Waals surface area contributed by atoms with Gasteiger partial charge in [-0.05, 0) is 35.7 Å². The third-order valence-electron chi connectivity index (χ3n) is 3.27. The molecule has 0 heterocycles. The number of nitro benzene ring substituents is 1. The van der Waals surface area contributed by atoms with Crippen LogP contribution in [0.15, 0.2) is 60.2 Å². The van der Waals surface area contributed by atoms with E-state index in [1.807, 2.05) is 18.2 Å². The van der Waals surface area contributed by atoms with Crippen molar-refractivity contribution in [3.8, 4) is 5.75 Å². The molecule has 0 saturated carbocycles. The lowest BCUT2D eigenvalue weighted by Gasteiger charge is -2.09. The van der Waals surface area contributed by atoms with Gasteiger partial charge in [0.05, 0.1) is 11.1 Å². The average molecular weight is 374 g/mol. The van der Waals surface area contributed by atoms with Gasteiger partial charge in [0.15, 0.2) is 6.61 Å². The van der Waals surface area contributed by atoms with Crippen molar-refractivity contribution >= 4 is 29.4 Å². The quantitative estimate of drug-likeness (QED) is 0.331. The predicted molar refractivity (Wildman–Crippen MR) is 99.7 cm³/mol. The summed E-state index contributed by atoms with van der Waals surface area (Å²) in [4.78, 5) is 21.9. The summed E-state index contributed by atoms with van der Waals surface area (Å²) in [5.41, 5.74) is 3.57. The molecule has 1 amide bonds.